The van der Waals surface area contributed by atoms with E-state index in [1.165, 1.54) is 11.3 Å². The molecule has 1 fully saturated rings. The molecule has 1 aromatic heterocycles. The lowest BCUT2D eigenvalue weighted by Gasteiger charge is -2.21. The molecule has 1 saturated heterocycles. The van der Waals surface area contributed by atoms with E-state index in [1.54, 1.807) is 19.1 Å². The quantitative estimate of drug-likeness (QED) is 0.825. The monoisotopic (exact) mass is 259 g/mol. The fraction of sp³-hybridized carbons (Fsp3) is 0.400. The van der Waals surface area contributed by atoms with Gasteiger partial charge in [-0.3, -0.25) is 9.59 Å². The highest BCUT2D eigenvalue weighted by Crippen LogP contribution is 2.24. The van der Waals surface area contributed by atoms with Crippen molar-refractivity contribution in [3.05, 3.63) is 21.3 Å². The molecule has 2 heterocycles. The van der Waals surface area contributed by atoms with Crippen LogP contribution in [0.2, 0.25) is 4.34 Å². The lowest BCUT2D eigenvalue weighted by atomic mass is 10.0. The first kappa shape index (κ1) is 11.4. The molecule has 0 spiro atoms. The zero-order valence-corrected chi connectivity index (χ0v) is 10.2. The van der Waals surface area contributed by atoms with Gasteiger partial charge in [-0.1, -0.05) is 11.6 Å². The highest BCUT2D eigenvalue weighted by molar-refractivity contribution is 7.18. The topological polar surface area (TPSA) is 55.4 Å². The van der Waals surface area contributed by atoms with Crippen molar-refractivity contribution < 1.29 is 14.3 Å². The second kappa shape index (κ2) is 4.07. The molecule has 0 radical (unpaired) electrons. The van der Waals surface area contributed by atoms with Gasteiger partial charge >= 0.3 is 5.97 Å². The number of hydrogen-bond acceptors (Lipinski definition) is 4. The maximum Gasteiger partial charge on any atom is 0.308 e. The second-order valence-electron chi connectivity index (χ2n) is 3.96. The number of ether oxygens (including phenoxy) is 1. The molecule has 1 atom stereocenters. The first-order valence-corrected chi connectivity index (χ1v) is 5.91. The Morgan fingerprint density at radius 3 is 2.88 bits per heavy atom. The fourth-order valence-electron chi connectivity index (χ4n) is 1.51. The number of esters is 1. The molecule has 0 bridgehead atoms. The molecule has 1 N–H and O–H groups in total. The van der Waals surface area contributed by atoms with Crippen LogP contribution in [0.25, 0.3) is 0 Å². The SMILES string of the molecule is CC1(NC(=O)c2ccc(Cl)s2)COC(=O)C1. The molecule has 0 aliphatic carbocycles. The van der Waals surface area contributed by atoms with Crippen LogP contribution < -0.4 is 5.32 Å². The van der Waals surface area contributed by atoms with E-state index in [2.05, 4.69) is 5.32 Å². The van der Waals surface area contributed by atoms with Crippen molar-refractivity contribution in [2.45, 2.75) is 18.9 Å². The molecule has 86 valence electrons. The highest BCUT2D eigenvalue weighted by atomic mass is 35.5. The van der Waals surface area contributed by atoms with Gasteiger partial charge < -0.3 is 10.1 Å². The Bertz CT molecular complexity index is 445. The van der Waals surface area contributed by atoms with Crippen LogP contribution in [0.3, 0.4) is 0 Å². The van der Waals surface area contributed by atoms with Crippen molar-refractivity contribution in [2.75, 3.05) is 6.61 Å². The van der Waals surface area contributed by atoms with E-state index in [4.69, 9.17) is 16.3 Å². The fourth-order valence-corrected chi connectivity index (χ4v) is 2.45. The minimum atomic E-state index is -0.607. The lowest BCUT2D eigenvalue weighted by Crippen LogP contribution is -2.46. The van der Waals surface area contributed by atoms with Crippen LogP contribution in [0, 0.1) is 0 Å². The highest BCUT2D eigenvalue weighted by Gasteiger charge is 2.37. The Labute approximate surface area is 102 Å². The number of amides is 1. The number of rotatable bonds is 2. The van der Waals surface area contributed by atoms with Gasteiger partial charge in [-0.25, -0.2) is 0 Å². The number of halogens is 1. The summed E-state index contributed by atoms with van der Waals surface area (Å²) in [5, 5.41) is 2.78. The molecular formula is C10H10ClNO3S. The number of hydrogen-bond donors (Lipinski definition) is 1. The summed E-state index contributed by atoms with van der Waals surface area (Å²) in [5.74, 6) is -0.510. The van der Waals surface area contributed by atoms with Gasteiger partial charge in [-0.15, -0.1) is 11.3 Å². The Hall–Kier alpha value is -1.07. The number of carbonyl (C=O) groups excluding carboxylic acids is 2. The van der Waals surface area contributed by atoms with E-state index in [-0.39, 0.29) is 24.9 Å². The molecule has 0 saturated carbocycles. The number of nitrogens with one attached hydrogen (secondary N) is 1. The number of carbonyl (C=O) groups is 2. The van der Waals surface area contributed by atoms with Gasteiger partial charge in [0.15, 0.2) is 0 Å². The maximum atomic E-state index is 11.8. The molecule has 4 nitrogen and oxygen atoms in total. The third kappa shape index (κ3) is 2.36. The van der Waals surface area contributed by atoms with Crippen molar-refractivity contribution >= 4 is 34.8 Å². The van der Waals surface area contributed by atoms with E-state index in [0.29, 0.717) is 9.21 Å². The number of cyclic esters (lactones) is 1. The summed E-state index contributed by atoms with van der Waals surface area (Å²) in [7, 11) is 0. The molecule has 1 aliphatic heterocycles. The Morgan fingerprint density at radius 1 is 1.62 bits per heavy atom. The number of thiophene rings is 1. The van der Waals surface area contributed by atoms with Crippen molar-refractivity contribution in [3.63, 3.8) is 0 Å². The predicted molar refractivity (Wildman–Crippen MR) is 60.8 cm³/mol. The van der Waals surface area contributed by atoms with Crippen LogP contribution in [-0.2, 0) is 9.53 Å². The zero-order valence-electron chi connectivity index (χ0n) is 8.58. The van der Waals surface area contributed by atoms with Gasteiger partial charge in [0.05, 0.1) is 21.2 Å². The first-order valence-electron chi connectivity index (χ1n) is 4.72. The van der Waals surface area contributed by atoms with Gasteiger partial charge in [-0.2, -0.15) is 0 Å². The maximum absolute atomic E-state index is 11.8. The summed E-state index contributed by atoms with van der Waals surface area (Å²) in [6.45, 7) is 2.00. The van der Waals surface area contributed by atoms with Crippen molar-refractivity contribution in [1.82, 2.24) is 5.32 Å². The minimum absolute atomic E-state index is 0.206. The van der Waals surface area contributed by atoms with E-state index < -0.39 is 5.54 Å². The van der Waals surface area contributed by atoms with Crippen LogP contribution in [0.4, 0.5) is 0 Å². The molecule has 1 amide bonds. The van der Waals surface area contributed by atoms with E-state index in [0.717, 1.165) is 0 Å². The smallest absolute Gasteiger partial charge is 0.308 e. The molecular weight excluding hydrogens is 250 g/mol. The standard InChI is InChI=1S/C10H10ClNO3S/c1-10(4-8(13)15-5-10)12-9(14)6-2-3-7(11)16-6/h2-3H,4-5H2,1H3,(H,12,14). The van der Waals surface area contributed by atoms with Crippen LogP contribution >= 0.6 is 22.9 Å². The largest absolute Gasteiger partial charge is 0.463 e. The molecule has 0 aromatic carbocycles. The van der Waals surface area contributed by atoms with Gasteiger partial charge in [0, 0.05) is 0 Å². The third-order valence-electron chi connectivity index (χ3n) is 2.30. The average Bonchev–Trinajstić information content (AvgIpc) is 2.73. The summed E-state index contributed by atoms with van der Waals surface area (Å²) < 4.78 is 5.40. The molecule has 1 unspecified atom stereocenters. The van der Waals surface area contributed by atoms with E-state index >= 15 is 0 Å². The summed E-state index contributed by atoms with van der Waals surface area (Å²) in [5.41, 5.74) is -0.607. The lowest BCUT2D eigenvalue weighted by molar-refractivity contribution is -0.137. The normalized spacial score (nSPS) is 24.2. The first-order chi connectivity index (χ1) is 7.48. The minimum Gasteiger partial charge on any atom is -0.463 e. The van der Waals surface area contributed by atoms with Crippen molar-refractivity contribution in [2.24, 2.45) is 0 Å². The Kier molecular flexibility index (Phi) is 2.90. The van der Waals surface area contributed by atoms with Gasteiger partial charge in [0.25, 0.3) is 5.91 Å². The molecule has 6 heteroatoms. The summed E-state index contributed by atoms with van der Waals surface area (Å²) in [4.78, 5) is 23.3. The van der Waals surface area contributed by atoms with Gasteiger partial charge in [0.1, 0.15) is 6.61 Å². The predicted octanol–water partition coefficient (Wildman–Crippen LogP) is 1.84. The van der Waals surface area contributed by atoms with Gasteiger partial charge in [-0.05, 0) is 19.1 Å². The zero-order chi connectivity index (χ0) is 11.8. The molecule has 1 aliphatic rings. The molecule has 16 heavy (non-hydrogen) atoms. The van der Waals surface area contributed by atoms with Crippen molar-refractivity contribution in [1.29, 1.82) is 0 Å². The van der Waals surface area contributed by atoms with Crippen LogP contribution in [0.15, 0.2) is 12.1 Å². The Morgan fingerprint density at radius 2 is 2.38 bits per heavy atom. The van der Waals surface area contributed by atoms with Gasteiger partial charge in [0.2, 0.25) is 0 Å². The van der Waals surface area contributed by atoms with E-state index in [9.17, 15) is 9.59 Å². The third-order valence-corrected chi connectivity index (χ3v) is 3.53. The average molecular weight is 260 g/mol. The summed E-state index contributed by atoms with van der Waals surface area (Å²) >= 11 is 6.95. The molecule has 1 aromatic rings. The van der Waals surface area contributed by atoms with Crippen molar-refractivity contribution in [3.8, 4) is 0 Å². The second-order valence-corrected chi connectivity index (χ2v) is 5.67. The molecule has 2 rings (SSSR count). The van der Waals surface area contributed by atoms with Crippen LogP contribution in [-0.4, -0.2) is 24.0 Å². The van der Waals surface area contributed by atoms with E-state index in [1.807, 2.05) is 0 Å². The summed E-state index contributed by atoms with van der Waals surface area (Å²) in [6.07, 6.45) is 0.206. The van der Waals surface area contributed by atoms with Crippen LogP contribution in [0.1, 0.15) is 23.0 Å². The Balaban J connectivity index is 2.05. The summed E-state index contributed by atoms with van der Waals surface area (Å²) in [6, 6.07) is 3.32. The van der Waals surface area contributed by atoms with Crippen LogP contribution in [0.5, 0.6) is 0 Å².